The molecule has 0 aliphatic rings. The van der Waals surface area contributed by atoms with Gasteiger partial charge < -0.3 is 0 Å². The van der Waals surface area contributed by atoms with Crippen LogP contribution in [0.2, 0.25) is 0 Å². The van der Waals surface area contributed by atoms with Crippen LogP contribution in [0.3, 0.4) is 0 Å². The zero-order chi connectivity index (χ0) is 19.4. The van der Waals surface area contributed by atoms with Gasteiger partial charge in [0.15, 0.2) is 0 Å². The molecule has 5 aromatic carbocycles. The van der Waals surface area contributed by atoms with Crippen molar-refractivity contribution in [1.29, 1.82) is 0 Å². The number of benzene rings is 5. The van der Waals surface area contributed by atoms with E-state index in [1.54, 1.807) is 0 Å². The van der Waals surface area contributed by atoms with E-state index in [4.69, 9.17) is 4.98 Å². The van der Waals surface area contributed by atoms with Crippen LogP contribution in [-0.4, -0.2) is 4.98 Å². The minimum atomic E-state index is 1.07. The van der Waals surface area contributed by atoms with Gasteiger partial charge in [0.1, 0.15) is 0 Å². The van der Waals surface area contributed by atoms with Gasteiger partial charge in [-0.2, -0.15) is 0 Å². The molecule has 0 radical (unpaired) electrons. The van der Waals surface area contributed by atoms with Gasteiger partial charge in [-0.05, 0) is 51.1 Å². The Morgan fingerprint density at radius 3 is 1.55 bits per heavy atom. The van der Waals surface area contributed by atoms with Crippen LogP contribution >= 0.6 is 22.6 Å². The molecule has 0 aliphatic carbocycles. The monoisotopic (exact) mass is 481 g/mol. The minimum Gasteiger partial charge on any atom is -0.246 e. The van der Waals surface area contributed by atoms with Gasteiger partial charge in [-0.1, -0.05) is 84.9 Å². The zero-order valence-corrected chi connectivity index (χ0v) is 17.7. The Labute approximate surface area is 182 Å². The second kappa shape index (κ2) is 6.53. The summed E-state index contributed by atoms with van der Waals surface area (Å²) in [7, 11) is 0. The lowest BCUT2D eigenvalue weighted by molar-refractivity contribution is 1.53. The van der Waals surface area contributed by atoms with Crippen LogP contribution in [0.25, 0.3) is 54.5 Å². The first-order valence-electron chi connectivity index (χ1n) is 9.68. The Hall–Kier alpha value is -2.98. The molecular formula is C27H16IN. The quantitative estimate of drug-likeness (QED) is 0.132. The molecule has 0 N–H and O–H groups in total. The summed E-state index contributed by atoms with van der Waals surface area (Å²) in [6.45, 7) is 0. The second-order valence-electron chi connectivity index (χ2n) is 7.36. The van der Waals surface area contributed by atoms with Crippen molar-refractivity contribution in [1.82, 2.24) is 4.98 Å². The van der Waals surface area contributed by atoms with Gasteiger partial charge in [-0.25, -0.2) is 4.98 Å². The van der Waals surface area contributed by atoms with Gasteiger partial charge >= 0.3 is 0 Å². The summed E-state index contributed by atoms with van der Waals surface area (Å²) in [6.07, 6.45) is 0. The number of fused-ring (bicyclic) bond motifs is 6. The number of aromatic nitrogens is 1. The predicted octanol–water partition coefficient (Wildman–Crippen LogP) is 7.97. The average molecular weight is 481 g/mol. The Balaban J connectivity index is 1.89. The van der Waals surface area contributed by atoms with Crippen LogP contribution in [0.4, 0.5) is 0 Å². The lowest BCUT2D eigenvalue weighted by Gasteiger charge is -2.14. The molecule has 1 nitrogen and oxygen atoms in total. The van der Waals surface area contributed by atoms with Gasteiger partial charge in [0.05, 0.1) is 11.0 Å². The Morgan fingerprint density at radius 2 is 1.00 bits per heavy atom. The lowest BCUT2D eigenvalue weighted by Crippen LogP contribution is -1.92. The summed E-state index contributed by atoms with van der Waals surface area (Å²) in [6, 6.07) is 34.7. The fraction of sp³-hybridized carbons (Fsp3) is 0. The standard InChI is InChI=1S/C27H16IN/c28-20-13-9-19(10-14-20)25-23-15-11-17-5-1-3-7-21(17)26(23)29-27-22-8-4-2-6-18(22)12-16-24(25)27/h1-16H. The molecule has 2 heteroatoms. The molecule has 0 spiro atoms. The summed E-state index contributed by atoms with van der Waals surface area (Å²) in [5, 5.41) is 7.25. The van der Waals surface area contributed by atoms with E-state index in [-0.39, 0.29) is 0 Å². The van der Waals surface area contributed by atoms with E-state index < -0.39 is 0 Å². The maximum Gasteiger partial charge on any atom is 0.0794 e. The van der Waals surface area contributed by atoms with Crippen molar-refractivity contribution in [2.75, 3.05) is 0 Å². The van der Waals surface area contributed by atoms with Gasteiger partial charge in [0.25, 0.3) is 0 Å². The van der Waals surface area contributed by atoms with Crippen molar-refractivity contribution in [3.05, 3.63) is 101 Å². The Morgan fingerprint density at radius 1 is 0.483 bits per heavy atom. The predicted molar refractivity (Wildman–Crippen MR) is 132 cm³/mol. The molecule has 6 aromatic rings. The number of halogens is 1. The molecular weight excluding hydrogens is 465 g/mol. The lowest BCUT2D eigenvalue weighted by atomic mass is 9.92. The van der Waals surface area contributed by atoms with E-state index in [0.717, 1.165) is 11.0 Å². The minimum absolute atomic E-state index is 1.07. The van der Waals surface area contributed by atoms with Gasteiger partial charge in [-0.15, -0.1) is 0 Å². The largest absolute Gasteiger partial charge is 0.246 e. The van der Waals surface area contributed by atoms with E-state index >= 15 is 0 Å². The normalized spacial score (nSPS) is 11.6. The van der Waals surface area contributed by atoms with Crippen molar-refractivity contribution in [2.45, 2.75) is 0 Å². The number of hydrogen-bond donors (Lipinski definition) is 0. The summed E-state index contributed by atoms with van der Waals surface area (Å²) in [4.78, 5) is 5.24. The molecule has 0 amide bonds. The van der Waals surface area contributed by atoms with Crippen LogP contribution in [0.1, 0.15) is 0 Å². The number of nitrogens with zero attached hydrogens (tertiary/aromatic N) is 1. The zero-order valence-electron chi connectivity index (χ0n) is 15.6. The smallest absolute Gasteiger partial charge is 0.0794 e. The van der Waals surface area contributed by atoms with Crippen LogP contribution < -0.4 is 0 Å². The highest BCUT2D eigenvalue weighted by Gasteiger charge is 2.15. The van der Waals surface area contributed by atoms with Gasteiger partial charge in [0, 0.05) is 30.7 Å². The molecule has 136 valence electrons. The van der Waals surface area contributed by atoms with Crippen molar-refractivity contribution >= 4 is 65.9 Å². The van der Waals surface area contributed by atoms with E-state index in [2.05, 4.69) is 120 Å². The van der Waals surface area contributed by atoms with E-state index in [0.29, 0.717) is 0 Å². The Kier molecular flexibility index (Phi) is 3.81. The third-order valence-corrected chi connectivity index (χ3v) is 6.42. The van der Waals surface area contributed by atoms with E-state index in [1.807, 2.05) is 0 Å². The molecule has 0 saturated heterocycles. The fourth-order valence-electron chi connectivity index (χ4n) is 4.34. The molecule has 6 rings (SSSR count). The SMILES string of the molecule is Ic1ccc(-c2c3ccc4ccccc4c3nc3c2ccc2ccccc23)cc1. The summed E-state index contributed by atoms with van der Waals surface area (Å²) < 4.78 is 1.24. The van der Waals surface area contributed by atoms with Crippen molar-refractivity contribution in [3.63, 3.8) is 0 Å². The molecule has 1 aromatic heterocycles. The van der Waals surface area contributed by atoms with Crippen LogP contribution in [0, 0.1) is 3.57 Å². The Bertz CT molecular complexity index is 1460. The number of hydrogen-bond acceptors (Lipinski definition) is 1. The molecule has 0 aliphatic heterocycles. The van der Waals surface area contributed by atoms with Crippen LogP contribution in [0.15, 0.2) is 97.1 Å². The van der Waals surface area contributed by atoms with Crippen molar-refractivity contribution in [2.24, 2.45) is 0 Å². The van der Waals surface area contributed by atoms with Gasteiger partial charge in [-0.3, -0.25) is 0 Å². The summed E-state index contributed by atoms with van der Waals surface area (Å²) in [5.41, 5.74) is 4.63. The van der Waals surface area contributed by atoms with E-state index in [9.17, 15) is 0 Å². The average Bonchev–Trinajstić information content (AvgIpc) is 2.78. The first-order chi connectivity index (χ1) is 14.3. The molecule has 0 unspecified atom stereocenters. The van der Waals surface area contributed by atoms with Crippen LogP contribution in [-0.2, 0) is 0 Å². The summed E-state index contributed by atoms with van der Waals surface area (Å²) in [5.74, 6) is 0. The molecule has 0 fully saturated rings. The second-order valence-corrected chi connectivity index (χ2v) is 8.61. The first-order valence-corrected chi connectivity index (χ1v) is 10.8. The highest BCUT2D eigenvalue weighted by Crippen LogP contribution is 2.39. The molecule has 0 bridgehead atoms. The first kappa shape index (κ1) is 16.9. The number of rotatable bonds is 1. The highest BCUT2D eigenvalue weighted by atomic mass is 127. The number of pyridine rings is 1. The van der Waals surface area contributed by atoms with Crippen LogP contribution in [0.5, 0.6) is 0 Å². The van der Waals surface area contributed by atoms with Gasteiger partial charge in [0.2, 0.25) is 0 Å². The summed E-state index contributed by atoms with van der Waals surface area (Å²) >= 11 is 2.36. The molecule has 29 heavy (non-hydrogen) atoms. The topological polar surface area (TPSA) is 12.9 Å². The molecule has 0 atom stereocenters. The highest BCUT2D eigenvalue weighted by molar-refractivity contribution is 14.1. The molecule has 1 heterocycles. The third-order valence-electron chi connectivity index (χ3n) is 5.70. The molecule has 0 saturated carbocycles. The third kappa shape index (κ3) is 2.63. The maximum atomic E-state index is 5.24. The van der Waals surface area contributed by atoms with Crippen molar-refractivity contribution in [3.8, 4) is 11.1 Å². The van der Waals surface area contributed by atoms with Crippen molar-refractivity contribution < 1.29 is 0 Å². The maximum absolute atomic E-state index is 5.24. The van der Waals surface area contributed by atoms with E-state index in [1.165, 1.54) is 47.0 Å². The fourth-order valence-corrected chi connectivity index (χ4v) is 4.70.